The molecule has 90 valence electrons. The minimum absolute atomic E-state index is 0.229. The number of hydrogen-bond acceptors (Lipinski definition) is 4. The predicted octanol–water partition coefficient (Wildman–Crippen LogP) is 0.564. The summed E-state index contributed by atoms with van der Waals surface area (Å²) in [5.74, 6) is 0.632. The van der Waals surface area contributed by atoms with Crippen molar-refractivity contribution in [3.8, 4) is 0 Å². The van der Waals surface area contributed by atoms with E-state index in [4.69, 9.17) is 10.5 Å². The van der Waals surface area contributed by atoms with Gasteiger partial charge in [-0.25, -0.2) is 8.42 Å². The van der Waals surface area contributed by atoms with Gasteiger partial charge in [0.25, 0.3) is 0 Å². The van der Waals surface area contributed by atoms with Crippen LogP contribution < -0.4 is 5.73 Å². The van der Waals surface area contributed by atoms with Gasteiger partial charge in [0.15, 0.2) is 9.84 Å². The highest BCUT2D eigenvalue weighted by Crippen LogP contribution is 2.16. The molecule has 4 nitrogen and oxygen atoms in total. The van der Waals surface area contributed by atoms with Crippen LogP contribution in [0.25, 0.3) is 0 Å². The predicted molar refractivity (Wildman–Crippen MR) is 60.4 cm³/mol. The third-order valence-electron chi connectivity index (χ3n) is 2.80. The molecule has 0 saturated carbocycles. The van der Waals surface area contributed by atoms with Crippen LogP contribution in [0.1, 0.15) is 26.7 Å². The second-order valence-corrected chi connectivity index (χ2v) is 6.95. The molecule has 1 rings (SSSR count). The Hall–Kier alpha value is -0.130. The molecule has 0 spiro atoms. The van der Waals surface area contributed by atoms with Crippen LogP contribution in [0.15, 0.2) is 0 Å². The van der Waals surface area contributed by atoms with Crippen molar-refractivity contribution in [2.24, 2.45) is 11.7 Å². The first-order chi connectivity index (χ1) is 6.93. The normalized spacial score (nSPS) is 28.3. The Bertz CT molecular complexity index is 287. The number of rotatable bonds is 4. The summed E-state index contributed by atoms with van der Waals surface area (Å²) in [7, 11) is -3.08. The Balaban J connectivity index is 2.59. The van der Waals surface area contributed by atoms with Gasteiger partial charge in [-0.2, -0.15) is 0 Å². The highest BCUT2D eigenvalue weighted by Gasteiger charge is 2.33. The van der Waals surface area contributed by atoms with E-state index in [9.17, 15) is 8.42 Å². The van der Waals surface area contributed by atoms with Crippen LogP contribution >= 0.6 is 0 Å². The summed E-state index contributed by atoms with van der Waals surface area (Å²) >= 11 is 0. The second-order valence-electron chi connectivity index (χ2n) is 4.62. The van der Waals surface area contributed by atoms with Gasteiger partial charge in [0, 0.05) is 12.6 Å². The Labute approximate surface area is 92.1 Å². The molecule has 1 heterocycles. The van der Waals surface area contributed by atoms with E-state index in [1.807, 2.05) is 13.8 Å². The summed E-state index contributed by atoms with van der Waals surface area (Å²) in [5.41, 5.74) is 5.81. The Morgan fingerprint density at radius 2 is 2.13 bits per heavy atom. The van der Waals surface area contributed by atoms with E-state index < -0.39 is 15.1 Å². The highest BCUT2D eigenvalue weighted by atomic mass is 32.2. The molecule has 0 amide bonds. The fourth-order valence-corrected chi connectivity index (χ4v) is 3.72. The van der Waals surface area contributed by atoms with Crippen LogP contribution in [0.3, 0.4) is 0 Å². The van der Waals surface area contributed by atoms with E-state index in [0.717, 1.165) is 0 Å². The lowest BCUT2D eigenvalue weighted by atomic mass is 10.1. The average molecular weight is 235 g/mol. The van der Waals surface area contributed by atoms with E-state index >= 15 is 0 Å². The molecule has 1 aliphatic heterocycles. The lowest BCUT2D eigenvalue weighted by Crippen LogP contribution is -2.48. The molecular formula is C10H21NO3S. The molecule has 0 radical (unpaired) electrons. The standard InChI is InChI=1S/C10H21NO3S/c1-8(2)4-6-15(12,13)10-7-14-5-3-9(10)11/h8-10H,3-7,11H2,1-2H3. The quantitative estimate of drug-likeness (QED) is 0.773. The molecule has 2 atom stereocenters. The fraction of sp³-hybridized carbons (Fsp3) is 1.00. The van der Waals surface area contributed by atoms with E-state index in [-0.39, 0.29) is 18.4 Å². The van der Waals surface area contributed by atoms with Gasteiger partial charge in [0.05, 0.1) is 17.6 Å². The smallest absolute Gasteiger partial charge is 0.156 e. The Morgan fingerprint density at radius 3 is 2.67 bits per heavy atom. The van der Waals surface area contributed by atoms with Crippen molar-refractivity contribution in [2.75, 3.05) is 19.0 Å². The zero-order chi connectivity index (χ0) is 11.5. The summed E-state index contributed by atoms with van der Waals surface area (Å²) < 4.78 is 29.1. The first-order valence-corrected chi connectivity index (χ1v) is 7.20. The molecule has 0 aromatic rings. The van der Waals surface area contributed by atoms with Crippen molar-refractivity contribution in [3.63, 3.8) is 0 Å². The molecule has 15 heavy (non-hydrogen) atoms. The molecule has 0 aliphatic carbocycles. The highest BCUT2D eigenvalue weighted by molar-refractivity contribution is 7.92. The van der Waals surface area contributed by atoms with Crippen molar-refractivity contribution < 1.29 is 13.2 Å². The molecule has 1 aliphatic rings. The first kappa shape index (κ1) is 12.9. The molecule has 0 aromatic heterocycles. The van der Waals surface area contributed by atoms with E-state index in [1.165, 1.54) is 0 Å². The number of hydrogen-bond donors (Lipinski definition) is 1. The second kappa shape index (κ2) is 5.27. The molecule has 2 N–H and O–H groups in total. The van der Waals surface area contributed by atoms with Crippen LogP contribution in [-0.2, 0) is 14.6 Å². The number of ether oxygens (including phenoxy) is 1. The monoisotopic (exact) mass is 235 g/mol. The number of nitrogens with two attached hydrogens (primary N) is 1. The third kappa shape index (κ3) is 3.74. The van der Waals surface area contributed by atoms with Gasteiger partial charge in [-0.05, 0) is 18.8 Å². The van der Waals surface area contributed by atoms with E-state index in [1.54, 1.807) is 0 Å². The van der Waals surface area contributed by atoms with Crippen LogP contribution in [0.5, 0.6) is 0 Å². The molecule has 0 bridgehead atoms. The molecule has 5 heteroatoms. The van der Waals surface area contributed by atoms with Crippen molar-refractivity contribution >= 4 is 9.84 Å². The SMILES string of the molecule is CC(C)CCS(=O)(=O)C1COCCC1N. The van der Waals surface area contributed by atoms with Gasteiger partial charge >= 0.3 is 0 Å². The van der Waals surface area contributed by atoms with E-state index in [2.05, 4.69) is 0 Å². The summed E-state index contributed by atoms with van der Waals surface area (Å²) in [6.07, 6.45) is 1.34. The van der Waals surface area contributed by atoms with Crippen molar-refractivity contribution in [2.45, 2.75) is 38.0 Å². The van der Waals surface area contributed by atoms with Crippen LogP contribution in [-0.4, -0.2) is 38.7 Å². The van der Waals surface area contributed by atoms with E-state index in [0.29, 0.717) is 25.4 Å². The van der Waals surface area contributed by atoms with Gasteiger partial charge in [-0.1, -0.05) is 13.8 Å². The summed E-state index contributed by atoms with van der Waals surface area (Å²) in [6.45, 7) is 4.89. The first-order valence-electron chi connectivity index (χ1n) is 5.48. The fourth-order valence-electron chi connectivity index (χ4n) is 1.65. The average Bonchev–Trinajstić information content (AvgIpc) is 2.15. The maximum Gasteiger partial charge on any atom is 0.156 e. The van der Waals surface area contributed by atoms with Crippen LogP contribution in [0, 0.1) is 5.92 Å². The van der Waals surface area contributed by atoms with Gasteiger partial charge in [-0.3, -0.25) is 0 Å². The Morgan fingerprint density at radius 1 is 1.47 bits per heavy atom. The van der Waals surface area contributed by atoms with Crippen molar-refractivity contribution in [1.29, 1.82) is 0 Å². The maximum atomic E-state index is 11.9. The largest absolute Gasteiger partial charge is 0.380 e. The topological polar surface area (TPSA) is 69.4 Å². The van der Waals surface area contributed by atoms with Gasteiger partial charge in [0.2, 0.25) is 0 Å². The maximum absolute atomic E-state index is 11.9. The van der Waals surface area contributed by atoms with Crippen LogP contribution in [0.4, 0.5) is 0 Å². The molecule has 2 unspecified atom stereocenters. The minimum atomic E-state index is -3.08. The van der Waals surface area contributed by atoms with Crippen LogP contribution in [0.2, 0.25) is 0 Å². The molecule has 0 aromatic carbocycles. The lowest BCUT2D eigenvalue weighted by Gasteiger charge is -2.28. The van der Waals surface area contributed by atoms with Gasteiger partial charge in [-0.15, -0.1) is 0 Å². The molecular weight excluding hydrogens is 214 g/mol. The zero-order valence-electron chi connectivity index (χ0n) is 9.48. The summed E-state index contributed by atoms with van der Waals surface area (Å²) in [5, 5.41) is -0.495. The Kier molecular flexibility index (Phi) is 4.55. The molecule has 1 fully saturated rings. The summed E-state index contributed by atoms with van der Waals surface area (Å²) in [6, 6.07) is -0.254. The summed E-state index contributed by atoms with van der Waals surface area (Å²) in [4.78, 5) is 0. The van der Waals surface area contributed by atoms with Crippen molar-refractivity contribution in [3.05, 3.63) is 0 Å². The molecule has 1 saturated heterocycles. The van der Waals surface area contributed by atoms with Gasteiger partial charge < -0.3 is 10.5 Å². The van der Waals surface area contributed by atoms with Gasteiger partial charge in [0.1, 0.15) is 0 Å². The minimum Gasteiger partial charge on any atom is -0.380 e. The third-order valence-corrected chi connectivity index (χ3v) is 5.01. The zero-order valence-corrected chi connectivity index (χ0v) is 10.3. The van der Waals surface area contributed by atoms with Crippen molar-refractivity contribution in [1.82, 2.24) is 0 Å². The number of sulfone groups is 1. The lowest BCUT2D eigenvalue weighted by molar-refractivity contribution is 0.0891.